The molecule has 1 aromatic heterocycles. The number of para-hydroxylation sites is 1. The molecule has 1 aliphatic heterocycles. The van der Waals surface area contributed by atoms with Crippen LogP contribution in [-0.4, -0.2) is 43.8 Å². The molecule has 1 N–H and O–H groups in total. The van der Waals surface area contributed by atoms with Gasteiger partial charge in [-0.05, 0) is 43.2 Å². The van der Waals surface area contributed by atoms with Crippen LogP contribution in [0, 0.1) is 0 Å². The second-order valence-electron chi connectivity index (χ2n) is 6.94. The highest BCUT2D eigenvalue weighted by atomic mass is 32.2. The Morgan fingerprint density at radius 3 is 2.70 bits per heavy atom. The summed E-state index contributed by atoms with van der Waals surface area (Å²) < 4.78 is 23.8. The Bertz CT molecular complexity index is 1050. The van der Waals surface area contributed by atoms with E-state index in [1.807, 2.05) is 6.07 Å². The fraction of sp³-hybridized carbons (Fsp3) is 0.300. The molecule has 4 rings (SSSR count). The summed E-state index contributed by atoms with van der Waals surface area (Å²) in [5.41, 5.74) is 1.95. The molecular weight excluding hydrogens is 360 g/mol. The third-order valence-corrected chi connectivity index (χ3v) is 6.03. The Morgan fingerprint density at radius 2 is 1.93 bits per heavy atom. The first kappa shape index (κ1) is 17.7. The molecule has 1 saturated heterocycles. The van der Waals surface area contributed by atoms with Crippen molar-refractivity contribution >= 4 is 32.2 Å². The summed E-state index contributed by atoms with van der Waals surface area (Å²) in [7, 11) is -3.28. The van der Waals surface area contributed by atoms with Gasteiger partial charge in [0.15, 0.2) is 9.84 Å². The quantitative estimate of drug-likeness (QED) is 0.747. The number of sulfone groups is 1. The lowest BCUT2D eigenvalue weighted by atomic mass is 10.0. The zero-order valence-electron chi connectivity index (χ0n) is 15.2. The van der Waals surface area contributed by atoms with E-state index in [4.69, 9.17) is 0 Å². The molecule has 1 fully saturated rings. The molecule has 0 bridgehead atoms. The third-order valence-electron chi connectivity index (χ3n) is 4.92. The van der Waals surface area contributed by atoms with Crippen LogP contribution < -0.4 is 10.2 Å². The highest BCUT2D eigenvalue weighted by molar-refractivity contribution is 7.90. The molecule has 0 spiro atoms. The third kappa shape index (κ3) is 3.88. The lowest BCUT2D eigenvalue weighted by molar-refractivity contribution is 0.529. The zero-order chi connectivity index (χ0) is 18.9. The number of hydrogen-bond donors (Lipinski definition) is 1. The number of piperidine rings is 1. The minimum Gasteiger partial charge on any atom is -0.369 e. The molecule has 0 saturated carbocycles. The lowest BCUT2D eigenvalue weighted by Crippen LogP contribution is -2.42. The molecule has 0 unspecified atom stereocenters. The molecule has 27 heavy (non-hydrogen) atoms. The van der Waals surface area contributed by atoms with Gasteiger partial charge in [0.25, 0.3) is 0 Å². The van der Waals surface area contributed by atoms with Gasteiger partial charge >= 0.3 is 0 Å². The van der Waals surface area contributed by atoms with Crippen molar-refractivity contribution in [3.8, 4) is 0 Å². The molecule has 3 aromatic rings. The summed E-state index contributed by atoms with van der Waals surface area (Å²) >= 11 is 0. The first-order valence-corrected chi connectivity index (χ1v) is 10.9. The van der Waals surface area contributed by atoms with Crippen molar-refractivity contribution in [2.45, 2.75) is 23.8 Å². The molecular formula is C20H22N4O2S. The summed E-state index contributed by atoms with van der Waals surface area (Å²) in [6, 6.07) is 15.6. The van der Waals surface area contributed by atoms with Gasteiger partial charge in [-0.3, -0.25) is 0 Å². The Labute approximate surface area is 159 Å². The summed E-state index contributed by atoms with van der Waals surface area (Å²) in [5.74, 6) is 0.686. The number of hydrogen-bond acceptors (Lipinski definition) is 6. The normalized spacial score (nSPS) is 17.8. The molecule has 6 nitrogen and oxygen atoms in total. The number of nitrogens with one attached hydrogen (secondary N) is 1. The van der Waals surface area contributed by atoms with E-state index in [2.05, 4.69) is 44.5 Å². The Kier molecular flexibility index (Phi) is 4.70. The highest BCUT2D eigenvalue weighted by Gasteiger charge is 2.21. The SMILES string of the molecule is CS(=O)(=O)c1ccc2ncnc(N[C@H]3CCCN(c4ccccc4)C3)c2c1. The summed E-state index contributed by atoms with van der Waals surface area (Å²) in [6.45, 7) is 1.91. The minimum atomic E-state index is -3.28. The van der Waals surface area contributed by atoms with E-state index in [0.29, 0.717) is 5.82 Å². The minimum absolute atomic E-state index is 0.235. The predicted octanol–water partition coefficient (Wildman–Crippen LogP) is 3.11. The number of benzene rings is 2. The second-order valence-corrected chi connectivity index (χ2v) is 8.95. The van der Waals surface area contributed by atoms with Crippen LogP contribution in [0.2, 0.25) is 0 Å². The molecule has 2 aromatic carbocycles. The number of nitrogens with zero attached hydrogens (tertiary/aromatic N) is 3. The molecule has 1 atom stereocenters. The van der Waals surface area contributed by atoms with Gasteiger partial charge in [-0.1, -0.05) is 18.2 Å². The largest absolute Gasteiger partial charge is 0.369 e. The molecule has 140 valence electrons. The monoisotopic (exact) mass is 382 g/mol. The second kappa shape index (κ2) is 7.15. The number of anilines is 2. The first-order chi connectivity index (χ1) is 13.0. The van der Waals surface area contributed by atoms with Crippen LogP contribution in [-0.2, 0) is 9.84 Å². The summed E-state index contributed by atoms with van der Waals surface area (Å²) in [6.07, 6.45) is 4.86. The van der Waals surface area contributed by atoms with Crippen LogP contribution in [0.3, 0.4) is 0 Å². The highest BCUT2D eigenvalue weighted by Crippen LogP contribution is 2.26. The van der Waals surface area contributed by atoms with Crippen LogP contribution in [0.1, 0.15) is 12.8 Å². The van der Waals surface area contributed by atoms with Crippen molar-refractivity contribution in [3.63, 3.8) is 0 Å². The standard InChI is InChI=1S/C20H22N4O2S/c1-27(25,26)17-9-10-19-18(12-17)20(22-14-21-19)23-15-6-5-11-24(13-15)16-7-3-2-4-8-16/h2-4,7-10,12,14-15H,5-6,11,13H2,1H3,(H,21,22,23)/t15-/m0/s1. The van der Waals surface area contributed by atoms with Gasteiger partial charge < -0.3 is 10.2 Å². The zero-order valence-corrected chi connectivity index (χ0v) is 16.0. The molecule has 0 radical (unpaired) electrons. The summed E-state index contributed by atoms with van der Waals surface area (Å²) in [5, 5.41) is 4.25. The van der Waals surface area contributed by atoms with E-state index in [1.165, 1.54) is 18.3 Å². The van der Waals surface area contributed by atoms with Crippen molar-refractivity contribution in [2.24, 2.45) is 0 Å². The van der Waals surface area contributed by atoms with Gasteiger partial charge in [0.1, 0.15) is 12.1 Å². The molecule has 2 heterocycles. The summed E-state index contributed by atoms with van der Waals surface area (Å²) in [4.78, 5) is 11.3. The lowest BCUT2D eigenvalue weighted by Gasteiger charge is -2.35. The van der Waals surface area contributed by atoms with Crippen LogP contribution in [0.15, 0.2) is 59.8 Å². The average molecular weight is 382 g/mol. The predicted molar refractivity (Wildman–Crippen MR) is 108 cm³/mol. The first-order valence-electron chi connectivity index (χ1n) is 9.02. The van der Waals surface area contributed by atoms with Gasteiger partial charge in [0.05, 0.1) is 10.4 Å². The van der Waals surface area contributed by atoms with Crippen LogP contribution >= 0.6 is 0 Å². The van der Waals surface area contributed by atoms with Crippen LogP contribution in [0.4, 0.5) is 11.5 Å². The van der Waals surface area contributed by atoms with E-state index in [1.54, 1.807) is 18.2 Å². The van der Waals surface area contributed by atoms with Crippen LogP contribution in [0.25, 0.3) is 10.9 Å². The number of aromatic nitrogens is 2. The van der Waals surface area contributed by atoms with Crippen molar-refractivity contribution in [1.82, 2.24) is 9.97 Å². The van der Waals surface area contributed by atoms with E-state index >= 15 is 0 Å². The topological polar surface area (TPSA) is 75.2 Å². The molecule has 0 aliphatic carbocycles. The van der Waals surface area contributed by atoms with E-state index < -0.39 is 9.84 Å². The van der Waals surface area contributed by atoms with Gasteiger partial charge in [-0.2, -0.15) is 0 Å². The van der Waals surface area contributed by atoms with E-state index in [-0.39, 0.29) is 10.9 Å². The van der Waals surface area contributed by atoms with E-state index in [0.717, 1.165) is 36.8 Å². The fourth-order valence-electron chi connectivity index (χ4n) is 3.54. The van der Waals surface area contributed by atoms with Gasteiger partial charge in [-0.15, -0.1) is 0 Å². The van der Waals surface area contributed by atoms with Crippen molar-refractivity contribution in [1.29, 1.82) is 0 Å². The van der Waals surface area contributed by atoms with Crippen LogP contribution in [0.5, 0.6) is 0 Å². The fourth-order valence-corrected chi connectivity index (χ4v) is 4.19. The van der Waals surface area contributed by atoms with E-state index in [9.17, 15) is 8.42 Å². The molecule has 7 heteroatoms. The Morgan fingerprint density at radius 1 is 1.11 bits per heavy atom. The van der Waals surface area contributed by atoms with Crippen molar-refractivity contribution in [2.75, 3.05) is 29.6 Å². The molecule has 1 aliphatic rings. The maximum absolute atomic E-state index is 11.9. The van der Waals surface area contributed by atoms with Crippen molar-refractivity contribution < 1.29 is 8.42 Å². The van der Waals surface area contributed by atoms with Gasteiger partial charge in [0.2, 0.25) is 0 Å². The molecule has 0 amide bonds. The average Bonchev–Trinajstić information content (AvgIpc) is 2.68. The van der Waals surface area contributed by atoms with Gasteiger partial charge in [-0.25, -0.2) is 18.4 Å². The number of rotatable bonds is 4. The maximum Gasteiger partial charge on any atom is 0.175 e. The van der Waals surface area contributed by atoms with Crippen molar-refractivity contribution in [3.05, 3.63) is 54.9 Å². The Balaban J connectivity index is 1.61. The number of fused-ring (bicyclic) bond motifs is 1. The Hall–Kier alpha value is -2.67. The maximum atomic E-state index is 11.9. The smallest absolute Gasteiger partial charge is 0.175 e. The van der Waals surface area contributed by atoms with Gasteiger partial charge in [0, 0.05) is 36.5 Å².